The van der Waals surface area contributed by atoms with Crippen molar-refractivity contribution in [1.82, 2.24) is 10.2 Å². The second-order valence-electron chi connectivity index (χ2n) is 5.86. The number of rotatable bonds is 4. The first-order valence-electron chi connectivity index (χ1n) is 7.23. The van der Waals surface area contributed by atoms with E-state index in [2.05, 4.69) is 40.0 Å². The zero-order valence-electron chi connectivity index (χ0n) is 12.3. The van der Waals surface area contributed by atoms with Crippen LogP contribution in [-0.4, -0.2) is 36.2 Å². The first-order valence-corrected chi connectivity index (χ1v) is 8.02. The van der Waals surface area contributed by atoms with Crippen molar-refractivity contribution in [2.75, 3.05) is 26.2 Å². The Hall–Kier alpha value is -0.720. The molecule has 0 saturated carbocycles. The Morgan fingerprint density at radius 1 is 1.29 bits per heavy atom. The summed E-state index contributed by atoms with van der Waals surface area (Å²) in [5.41, 5.74) is 0.455. The van der Waals surface area contributed by atoms with Crippen LogP contribution in [0.2, 0.25) is 0 Å². The van der Waals surface area contributed by atoms with Gasteiger partial charge in [0, 0.05) is 37.8 Å². The van der Waals surface area contributed by atoms with E-state index in [1.807, 2.05) is 0 Å². The van der Waals surface area contributed by atoms with Crippen molar-refractivity contribution in [3.63, 3.8) is 0 Å². The third kappa shape index (κ3) is 3.73. The van der Waals surface area contributed by atoms with Crippen LogP contribution < -0.4 is 5.32 Å². The van der Waals surface area contributed by atoms with Gasteiger partial charge in [-0.15, -0.1) is 0 Å². The summed E-state index contributed by atoms with van der Waals surface area (Å²) >= 11 is 3.03. The number of hydrogen-bond donors (Lipinski definition) is 2. The Morgan fingerprint density at radius 3 is 2.48 bits per heavy atom. The third-order valence-corrected chi connectivity index (χ3v) is 4.39. The molecule has 21 heavy (non-hydrogen) atoms. The summed E-state index contributed by atoms with van der Waals surface area (Å²) in [5.74, 6) is -2.40. The molecule has 0 radical (unpaired) electrons. The van der Waals surface area contributed by atoms with Gasteiger partial charge in [0.15, 0.2) is 11.6 Å². The number of nitrogens with one attached hydrogen (secondary N) is 1. The van der Waals surface area contributed by atoms with Gasteiger partial charge in [0.1, 0.15) is 0 Å². The molecule has 3 nitrogen and oxygen atoms in total. The minimum Gasteiger partial charge on any atom is -0.505 e. The number of phenolic OH excluding ortho intramolecular Hbond substituents is 1. The van der Waals surface area contributed by atoms with Crippen LogP contribution in [0.3, 0.4) is 0 Å². The van der Waals surface area contributed by atoms with E-state index < -0.39 is 17.4 Å². The lowest BCUT2D eigenvalue weighted by molar-refractivity contribution is 0.150. The van der Waals surface area contributed by atoms with Crippen LogP contribution in [-0.2, 0) is 0 Å². The minimum atomic E-state index is -1.18. The summed E-state index contributed by atoms with van der Waals surface area (Å²) in [4.78, 5) is 2.22. The first-order chi connectivity index (χ1) is 9.91. The van der Waals surface area contributed by atoms with Gasteiger partial charge in [-0.05, 0) is 34.3 Å². The Morgan fingerprint density at radius 2 is 1.90 bits per heavy atom. The number of phenols is 1. The number of halogens is 3. The van der Waals surface area contributed by atoms with Gasteiger partial charge in [0.2, 0.25) is 5.82 Å². The highest BCUT2D eigenvalue weighted by atomic mass is 79.9. The van der Waals surface area contributed by atoms with E-state index >= 15 is 0 Å². The lowest BCUT2D eigenvalue weighted by Crippen LogP contribution is -2.45. The summed E-state index contributed by atoms with van der Waals surface area (Å²) in [5, 5.41) is 13.3. The average molecular weight is 363 g/mol. The van der Waals surface area contributed by atoms with Gasteiger partial charge in [-0.3, -0.25) is 4.90 Å². The van der Waals surface area contributed by atoms with E-state index in [1.54, 1.807) is 0 Å². The summed E-state index contributed by atoms with van der Waals surface area (Å²) in [6.07, 6.45) is 0.783. The molecule has 0 unspecified atom stereocenters. The van der Waals surface area contributed by atoms with Crippen LogP contribution in [0.15, 0.2) is 10.5 Å². The van der Waals surface area contributed by atoms with Crippen LogP contribution in [0.25, 0.3) is 0 Å². The molecule has 0 aromatic heterocycles. The minimum absolute atomic E-state index is 0.0525. The summed E-state index contributed by atoms with van der Waals surface area (Å²) in [6, 6.07) is 1.39. The summed E-state index contributed by atoms with van der Waals surface area (Å²) < 4.78 is 27.4. The number of nitrogens with zero attached hydrogens (tertiary/aromatic N) is 1. The number of hydrogen-bond acceptors (Lipinski definition) is 3. The molecule has 2 N–H and O–H groups in total. The molecule has 1 heterocycles. The van der Waals surface area contributed by atoms with Gasteiger partial charge < -0.3 is 10.4 Å². The Bertz CT molecular complexity index is 505. The van der Waals surface area contributed by atoms with Crippen molar-refractivity contribution in [3.05, 3.63) is 27.7 Å². The van der Waals surface area contributed by atoms with Crippen molar-refractivity contribution in [1.29, 1.82) is 0 Å². The lowest BCUT2D eigenvalue weighted by Gasteiger charge is -2.36. The maximum atomic E-state index is 13.8. The fourth-order valence-electron chi connectivity index (χ4n) is 2.77. The smallest absolute Gasteiger partial charge is 0.201 e. The van der Waals surface area contributed by atoms with Gasteiger partial charge in [0.05, 0.1) is 4.47 Å². The topological polar surface area (TPSA) is 35.5 Å². The molecule has 1 fully saturated rings. The highest BCUT2D eigenvalue weighted by Crippen LogP contribution is 2.38. The molecule has 1 aliphatic heterocycles. The quantitative estimate of drug-likeness (QED) is 0.805. The second-order valence-corrected chi connectivity index (χ2v) is 6.71. The molecule has 1 atom stereocenters. The molecule has 118 valence electrons. The molecule has 2 rings (SSSR count). The molecule has 1 aliphatic rings. The van der Waals surface area contributed by atoms with Crippen molar-refractivity contribution < 1.29 is 13.9 Å². The van der Waals surface area contributed by atoms with Crippen LogP contribution in [0.4, 0.5) is 8.78 Å². The molecule has 6 heteroatoms. The van der Waals surface area contributed by atoms with Crippen molar-refractivity contribution in [2.45, 2.75) is 26.3 Å². The zero-order chi connectivity index (χ0) is 15.6. The van der Waals surface area contributed by atoms with E-state index in [1.165, 1.54) is 6.07 Å². The van der Waals surface area contributed by atoms with Gasteiger partial charge in [-0.2, -0.15) is 4.39 Å². The predicted molar refractivity (Wildman–Crippen MR) is 82.4 cm³/mol. The van der Waals surface area contributed by atoms with Gasteiger partial charge >= 0.3 is 0 Å². The van der Waals surface area contributed by atoms with E-state index in [9.17, 15) is 13.9 Å². The Balaban J connectivity index is 2.40. The maximum absolute atomic E-state index is 13.8. The molecule has 0 spiro atoms. The van der Waals surface area contributed by atoms with E-state index in [-0.39, 0.29) is 10.5 Å². The van der Waals surface area contributed by atoms with Gasteiger partial charge in [-0.1, -0.05) is 13.8 Å². The van der Waals surface area contributed by atoms with Gasteiger partial charge in [-0.25, -0.2) is 4.39 Å². The van der Waals surface area contributed by atoms with Crippen LogP contribution in [0.1, 0.15) is 31.9 Å². The highest BCUT2D eigenvalue weighted by molar-refractivity contribution is 9.10. The SMILES string of the molecule is CC(C)C[C@H](c1cc(Br)c(F)c(F)c1O)N1CCNCC1. The Kier molecular flexibility index (Phi) is 5.57. The van der Waals surface area contributed by atoms with Crippen molar-refractivity contribution in [2.24, 2.45) is 5.92 Å². The number of aromatic hydroxyl groups is 1. The normalized spacial score (nSPS) is 18.2. The monoisotopic (exact) mass is 362 g/mol. The average Bonchev–Trinajstić information content (AvgIpc) is 2.47. The molecule has 0 amide bonds. The zero-order valence-corrected chi connectivity index (χ0v) is 13.9. The van der Waals surface area contributed by atoms with Crippen LogP contribution >= 0.6 is 15.9 Å². The van der Waals surface area contributed by atoms with E-state index in [4.69, 9.17) is 0 Å². The fourth-order valence-corrected chi connectivity index (χ4v) is 3.19. The van der Waals surface area contributed by atoms with Crippen molar-refractivity contribution >= 4 is 15.9 Å². The van der Waals surface area contributed by atoms with Crippen LogP contribution in [0.5, 0.6) is 5.75 Å². The van der Waals surface area contributed by atoms with Crippen LogP contribution in [0, 0.1) is 17.6 Å². The first kappa shape index (κ1) is 16.6. The van der Waals surface area contributed by atoms with Gasteiger partial charge in [0.25, 0.3) is 0 Å². The predicted octanol–water partition coefficient (Wildman–Crippen LogP) is 3.43. The molecule has 1 aromatic rings. The lowest BCUT2D eigenvalue weighted by atomic mass is 9.94. The van der Waals surface area contributed by atoms with E-state index in [0.29, 0.717) is 11.5 Å². The molecule has 0 aliphatic carbocycles. The number of benzene rings is 1. The summed E-state index contributed by atoms with van der Waals surface area (Å²) in [6.45, 7) is 7.55. The molecule has 1 aromatic carbocycles. The molecular formula is C15H21BrF2N2O. The maximum Gasteiger partial charge on any atom is 0.201 e. The van der Waals surface area contributed by atoms with Crippen molar-refractivity contribution in [3.8, 4) is 5.75 Å². The highest BCUT2D eigenvalue weighted by Gasteiger charge is 2.28. The number of piperazine rings is 1. The standard InChI is InChI=1S/C15H21BrF2N2O/c1-9(2)7-12(20-5-3-19-4-6-20)10-8-11(16)13(17)14(18)15(10)21/h8-9,12,19,21H,3-7H2,1-2H3/t12-/m1/s1. The molecule has 0 bridgehead atoms. The van der Waals surface area contributed by atoms with E-state index in [0.717, 1.165) is 32.6 Å². The molecular weight excluding hydrogens is 342 g/mol. The Labute approximate surface area is 132 Å². The third-order valence-electron chi connectivity index (χ3n) is 3.81. The largest absolute Gasteiger partial charge is 0.505 e. The summed E-state index contributed by atoms with van der Waals surface area (Å²) in [7, 11) is 0. The fraction of sp³-hybridized carbons (Fsp3) is 0.600. The second kappa shape index (κ2) is 7.03. The molecule has 1 saturated heterocycles.